The van der Waals surface area contributed by atoms with Crippen LogP contribution in [0.25, 0.3) is 50.4 Å². The van der Waals surface area contributed by atoms with Crippen molar-refractivity contribution in [2.75, 3.05) is 16.5 Å². The molecule has 4 aromatic heterocycles. The molecule has 0 unspecified atom stereocenters. The molecule has 312 valence electrons. The van der Waals surface area contributed by atoms with E-state index in [-0.39, 0.29) is 5.41 Å². The summed E-state index contributed by atoms with van der Waals surface area (Å²) in [6.45, 7) is 19.9. The number of aryl methyl sites for hydroxylation is 6. The summed E-state index contributed by atoms with van der Waals surface area (Å²) in [5.41, 5.74) is 15.2. The van der Waals surface area contributed by atoms with Gasteiger partial charge in [0.25, 0.3) is 0 Å². The highest BCUT2D eigenvalue weighted by Crippen LogP contribution is 2.45. The van der Waals surface area contributed by atoms with E-state index in [2.05, 4.69) is 167 Å². The van der Waals surface area contributed by atoms with Crippen LogP contribution in [-0.2, 0) is 5.41 Å². The molecule has 5 heterocycles. The molecule has 5 aromatic carbocycles. The minimum atomic E-state index is -0.0186. The monoisotopic (exact) mass is 826 g/mol. The van der Waals surface area contributed by atoms with Crippen LogP contribution in [0.3, 0.4) is 0 Å². The van der Waals surface area contributed by atoms with Gasteiger partial charge < -0.3 is 9.64 Å². The van der Waals surface area contributed by atoms with Crippen LogP contribution in [0.4, 0.5) is 23.0 Å². The van der Waals surface area contributed by atoms with Crippen molar-refractivity contribution in [3.63, 3.8) is 0 Å². The fourth-order valence-corrected chi connectivity index (χ4v) is 9.39. The largest absolute Gasteiger partial charge is 0.457 e. The number of hydrogen-bond acceptors (Lipinski definition) is 8. The highest BCUT2D eigenvalue weighted by atomic mass is 16.5. The van der Waals surface area contributed by atoms with E-state index in [1.807, 2.05) is 42.9 Å². The zero-order valence-electron chi connectivity index (χ0n) is 37.3. The molecule has 0 fully saturated rings. The first-order valence-electron chi connectivity index (χ1n) is 21.5. The Morgan fingerprint density at radius 2 is 1.21 bits per heavy atom. The van der Waals surface area contributed by atoms with E-state index in [1.54, 1.807) is 0 Å². The van der Waals surface area contributed by atoms with Crippen LogP contribution in [0.5, 0.6) is 11.5 Å². The highest BCUT2D eigenvalue weighted by Gasteiger charge is 2.32. The lowest BCUT2D eigenvalue weighted by Crippen LogP contribution is -2.26. The van der Waals surface area contributed by atoms with Crippen molar-refractivity contribution in [3.8, 4) is 40.1 Å². The molecule has 0 spiro atoms. The molecule has 63 heavy (non-hydrogen) atoms. The molecule has 0 N–H and O–H groups in total. The number of aromatic nitrogens is 6. The average molecular weight is 827 g/mol. The zero-order chi connectivity index (χ0) is 43.7. The number of nitrogens with zero attached hydrogens (tertiary/aromatic N) is 8. The first-order chi connectivity index (χ1) is 30.3. The Hall–Kier alpha value is -7.39. The molecule has 0 aliphatic carbocycles. The van der Waals surface area contributed by atoms with Crippen molar-refractivity contribution < 1.29 is 4.74 Å². The highest BCUT2D eigenvalue weighted by molar-refractivity contribution is 6.09. The Kier molecular flexibility index (Phi) is 9.59. The Morgan fingerprint density at radius 3 is 1.89 bits per heavy atom. The molecule has 0 bridgehead atoms. The van der Waals surface area contributed by atoms with Crippen LogP contribution >= 0.6 is 0 Å². The summed E-state index contributed by atoms with van der Waals surface area (Å²) in [6.07, 6.45) is 5.64. The van der Waals surface area contributed by atoms with Crippen LogP contribution in [0.1, 0.15) is 59.7 Å². The van der Waals surface area contributed by atoms with Crippen molar-refractivity contribution >= 4 is 44.8 Å². The van der Waals surface area contributed by atoms with E-state index >= 15 is 0 Å². The number of anilines is 4. The summed E-state index contributed by atoms with van der Waals surface area (Å²) in [5.74, 6) is 4.21. The predicted octanol–water partition coefficient (Wildman–Crippen LogP) is 13.3. The van der Waals surface area contributed by atoms with Gasteiger partial charge in [0.1, 0.15) is 24.0 Å². The molecular weight excluding hydrogens is 777 g/mol. The standard InChI is InChI=1S/C54H50N8O/c1-32-23-34(3)49(35(4)24-32)51-57-52(50-36(5)25-33(2)26-37(50)6)59-53(58-51)61-31-60(47-30-55-21-20-45(47)61)39-13-12-14-40(28-39)63-41-17-18-43-42-15-10-11-16-44(42)62(46(43)29-41)48-27-38(19-22-56-48)54(7,8)9/h10-30H,31H2,1-9H3. The molecule has 1 aliphatic heterocycles. The van der Waals surface area contributed by atoms with Crippen molar-refractivity contribution in [3.05, 3.63) is 167 Å². The first-order valence-corrected chi connectivity index (χ1v) is 21.5. The Morgan fingerprint density at radius 1 is 0.556 bits per heavy atom. The maximum atomic E-state index is 6.72. The van der Waals surface area contributed by atoms with Crippen LogP contribution in [-0.4, -0.2) is 36.2 Å². The fraction of sp³-hybridized carbons (Fsp3) is 0.204. The summed E-state index contributed by atoms with van der Waals surface area (Å²) < 4.78 is 8.96. The van der Waals surface area contributed by atoms with E-state index in [4.69, 9.17) is 24.7 Å². The van der Waals surface area contributed by atoms with Gasteiger partial charge in [-0.05, 0) is 123 Å². The normalized spacial score (nSPS) is 12.7. The second-order valence-corrected chi connectivity index (χ2v) is 18.0. The van der Waals surface area contributed by atoms with Crippen LogP contribution in [0, 0.1) is 41.5 Å². The summed E-state index contributed by atoms with van der Waals surface area (Å²) in [7, 11) is 0. The number of ether oxygens (including phenoxy) is 1. The minimum absolute atomic E-state index is 0.0186. The maximum Gasteiger partial charge on any atom is 0.235 e. The van der Waals surface area contributed by atoms with E-state index in [0.717, 1.165) is 78.4 Å². The van der Waals surface area contributed by atoms with Crippen molar-refractivity contribution in [2.24, 2.45) is 0 Å². The summed E-state index contributed by atoms with van der Waals surface area (Å²) in [4.78, 5) is 29.5. The van der Waals surface area contributed by atoms with Crippen molar-refractivity contribution in [2.45, 2.75) is 67.7 Å². The molecule has 10 rings (SSSR count). The van der Waals surface area contributed by atoms with Gasteiger partial charge in [-0.15, -0.1) is 0 Å². The van der Waals surface area contributed by atoms with Gasteiger partial charge in [0.05, 0.1) is 28.6 Å². The first kappa shape index (κ1) is 39.7. The third-order valence-corrected chi connectivity index (χ3v) is 12.2. The fourth-order valence-electron chi connectivity index (χ4n) is 9.39. The molecular formula is C54H50N8O. The number of rotatable bonds is 7. The molecule has 0 atom stereocenters. The van der Waals surface area contributed by atoms with Gasteiger partial charge in [-0.1, -0.05) is 80.4 Å². The molecule has 9 aromatic rings. The van der Waals surface area contributed by atoms with Crippen LogP contribution in [0.2, 0.25) is 0 Å². The zero-order valence-corrected chi connectivity index (χ0v) is 37.3. The summed E-state index contributed by atoms with van der Waals surface area (Å²) in [5, 5.41) is 2.31. The van der Waals surface area contributed by atoms with Crippen molar-refractivity contribution in [1.29, 1.82) is 0 Å². The van der Waals surface area contributed by atoms with Gasteiger partial charge in [-0.25, -0.2) is 9.97 Å². The second-order valence-electron chi connectivity index (χ2n) is 18.0. The van der Waals surface area contributed by atoms with Gasteiger partial charge >= 0.3 is 0 Å². The average Bonchev–Trinajstić information content (AvgIpc) is 3.79. The summed E-state index contributed by atoms with van der Waals surface area (Å²) in [6, 6.07) is 38.1. The maximum absolute atomic E-state index is 6.72. The third kappa shape index (κ3) is 7.13. The van der Waals surface area contributed by atoms with E-state index in [9.17, 15) is 0 Å². The van der Waals surface area contributed by atoms with Crippen molar-refractivity contribution in [1.82, 2.24) is 29.5 Å². The molecule has 0 radical (unpaired) electrons. The van der Waals surface area contributed by atoms with E-state index in [0.29, 0.717) is 30.0 Å². The number of benzene rings is 5. The Bertz CT molecular complexity index is 3150. The molecule has 0 saturated heterocycles. The van der Waals surface area contributed by atoms with Crippen LogP contribution in [0.15, 0.2) is 128 Å². The molecule has 9 nitrogen and oxygen atoms in total. The lowest BCUT2D eigenvalue weighted by Gasteiger charge is -2.22. The van der Waals surface area contributed by atoms with Gasteiger partial charge in [0, 0.05) is 52.1 Å². The molecule has 1 aliphatic rings. The van der Waals surface area contributed by atoms with Gasteiger partial charge in [0.15, 0.2) is 11.6 Å². The van der Waals surface area contributed by atoms with Gasteiger partial charge in [-0.2, -0.15) is 9.97 Å². The lowest BCUT2D eigenvalue weighted by atomic mass is 9.88. The molecule has 0 saturated carbocycles. The smallest absolute Gasteiger partial charge is 0.235 e. The third-order valence-electron chi connectivity index (χ3n) is 12.2. The number of fused-ring (bicyclic) bond motifs is 4. The van der Waals surface area contributed by atoms with Crippen LogP contribution < -0.4 is 14.5 Å². The predicted molar refractivity (Wildman–Crippen MR) is 256 cm³/mol. The second kappa shape index (κ2) is 15.2. The van der Waals surface area contributed by atoms with E-state index < -0.39 is 0 Å². The number of hydrogen-bond donors (Lipinski definition) is 0. The SMILES string of the molecule is Cc1cc(C)c(-c2nc(-c3c(C)cc(C)cc3C)nc(N3CN(c4cccc(Oc5ccc6c7ccccc7n(-c7cc(C(C)(C)C)ccn7)c6c5)c4)c4cnccc43)n2)c(C)c1. The molecule has 9 heteroatoms. The molecule has 0 amide bonds. The topological polar surface area (TPSA) is 85.1 Å². The quantitative estimate of drug-likeness (QED) is 0.157. The van der Waals surface area contributed by atoms with Gasteiger partial charge in [0.2, 0.25) is 5.95 Å². The van der Waals surface area contributed by atoms with E-state index in [1.165, 1.54) is 22.1 Å². The number of pyridine rings is 2. The number of para-hydroxylation sites is 1. The lowest BCUT2D eigenvalue weighted by molar-refractivity contribution is 0.483. The Labute approximate surface area is 368 Å². The van der Waals surface area contributed by atoms with Gasteiger partial charge in [-0.3, -0.25) is 14.5 Å². The Balaban J connectivity index is 1.03. The minimum Gasteiger partial charge on any atom is -0.457 e. The summed E-state index contributed by atoms with van der Waals surface area (Å²) >= 11 is 0.